The maximum Gasteiger partial charge on any atom is 0.203 e. The number of hydrogen-bond acceptors (Lipinski definition) is 5. The third-order valence-electron chi connectivity index (χ3n) is 3.10. The molecule has 0 saturated heterocycles. The molecule has 0 aliphatic carbocycles. The lowest BCUT2D eigenvalue weighted by molar-refractivity contribution is 0.324. The zero-order chi connectivity index (χ0) is 17.4. The first-order chi connectivity index (χ1) is 11.7. The van der Waals surface area contributed by atoms with E-state index in [0.717, 1.165) is 11.3 Å². The summed E-state index contributed by atoms with van der Waals surface area (Å²) in [6.07, 6.45) is 1.61. The minimum atomic E-state index is 0.393. The fourth-order valence-electron chi connectivity index (χ4n) is 2.02. The Morgan fingerprint density at radius 3 is 2.17 bits per heavy atom. The molecule has 0 heterocycles. The molecule has 0 radical (unpaired) electrons. The summed E-state index contributed by atoms with van der Waals surface area (Å²) in [4.78, 5) is 0. The van der Waals surface area contributed by atoms with Crippen LogP contribution in [-0.2, 0) is 0 Å². The molecule has 0 atom stereocenters. The molecule has 7 heteroatoms. The van der Waals surface area contributed by atoms with Crippen molar-refractivity contribution in [3.8, 4) is 17.2 Å². The molecule has 0 saturated carbocycles. The van der Waals surface area contributed by atoms with Crippen molar-refractivity contribution in [2.75, 3.05) is 26.6 Å². The number of methoxy groups -OCH3 is 3. The Morgan fingerprint density at radius 2 is 1.62 bits per heavy atom. The summed E-state index contributed by atoms with van der Waals surface area (Å²) in [5.41, 5.74) is 4.42. The Labute approximate surface area is 146 Å². The first-order valence-corrected chi connectivity index (χ1v) is 7.54. The summed E-state index contributed by atoms with van der Waals surface area (Å²) in [7, 11) is 4.69. The van der Waals surface area contributed by atoms with Crippen LogP contribution >= 0.6 is 12.2 Å². The summed E-state index contributed by atoms with van der Waals surface area (Å²) >= 11 is 5.18. The van der Waals surface area contributed by atoms with E-state index in [4.69, 9.17) is 26.4 Å². The van der Waals surface area contributed by atoms with Crippen molar-refractivity contribution in [3.05, 3.63) is 48.0 Å². The van der Waals surface area contributed by atoms with Gasteiger partial charge in [-0.3, -0.25) is 5.43 Å². The number of para-hydroxylation sites is 1. The second-order valence-electron chi connectivity index (χ2n) is 4.65. The molecule has 0 amide bonds. The standard InChI is InChI=1S/C17H19N3O3S/c1-21-14-9-12(10-15(22-2)16(14)23-3)11-18-20-17(24)19-13-7-5-4-6-8-13/h4-11H,1-3H3,(H2,19,20,24). The number of hydrogen-bond donors (Lipinski definition) is 2. The molecule has 2 aromatic carbocycles. The van der Waals surface area contributed by atoms with Crippen LogP contribution in [0.15, 0.2) is 47.6 Å². The number of nitrogens with one attached hydrogen (secondary N) is 2. The van der Waals surface area contributed by atoms with Crippen molar-refractivity contribution in [2.45, 2.75) is 0 Å². The zero-order valence-corrected chi connectivity index (χ0v) is 14.5. The first kappa shape index (κ1) is 17.6. The molecule has 0 aromatic heterocycles. The molecule has 2 N–H and O–H groups in total. The van der Waals surface area contributed by atoms with Crippen molar-refractivity contribution < 1.29 is 14.2 Å². The van der Waals surface area contributed by atoms with Crippen molar-refractivity contribution in [1.82, 2.24) is 5.43 Å². The Kier molecular flexibility index (Phi) is 6.39. The van der Waals surface area contributed by atoms with Gasteiger partial charge in [0.25, 0.3) is 0 Å². The van der Waals surface area contributed by atoms with E-state index in [0.29, 0.717) is 22.4 Å². The Hall–Kier alpha value is -2.80. The second kappa shape index (κ2) is 8.73. The SMILES string of the molecule is COc1cc(C=NNC(=S)Nc2ccccc2)cc(OC)c1OC. The van der Waals surface area contributed by atoms with Gasteiger partial charge in [0.05, 0.1) is 27.5 Å². The average molecular weight is 345 g/mol. The van der Waals surface area contributed by atoms with E-state index in [9.17, 15) is 0 Å². The molecule has 0 aliphatic heterocycles. The normalized spacial score (nSPS) is 10.3. The molecule has 6 nitrogen and oxygen atoms in total. The molecule has 0 aliphatic rings. The highest BCUT2D eigenvalue weighted by atomic mass is 32.1. The summed E-state index contributed by atoms with van der Waals surface area (Å²) in [5, 5.41) is 7.54. The second-order valence-corrected chi connectivity index (χ2v) is 5.06. The number of benzene rings is 2. The third-order valence-corrected chi connectivity index (χ3v) is 3.29. The average Bonchev–Trinajstić information content (AvgIpc) is 2.61. The number of hydrazone groups is 1. The van der Waals surface area contributed by atoms with E-state index in [2.05, 4.69) is 15.8 Å². The zero-order valence-electron chi connectivity index (χ0n) is 13.7. The highest BCUT2D eigenvalue weighted by molar-refractivity contribution is 7.80. The predicted molar refractivity (Wildman–Crippen MR) is 99.5 cm³/mol. The van der Waals surface area contributed by atoms with Crippen molar-refractivity contribution in [3.63, 3.8) is 0 Å². The van der Waals surface area contributed by atoms with Gasteiger partial charge in [0, 0.05) is 11.3 Å². The Morgan fingerprint density at radius 1 is 1.00 bits per heavy atom. The van der Waals surface area contributed by atoms with Crippen LogP contribution in [-0.4, -0.2) is 32.7 Å². The van der Waals surface area contributed by atoms with Crippen molar-refractivity contribution in [1.29, 1.82) is 0 Å². The van der Waals surface area contributed by atoms with Gasteiger partial charge in [-0.2, -0.15) is 5.10 Å². The van der Waals surface area contributed by atoms with Crippen molar-refractivity contribution in [2.24, 2.45) is 5.10 Å². The molecule has 0 spiro atoms. The number of rotatable bonds is 6. The van der Waals surface area contributed by atoms with Gasteiger partial charge in [-0.15, -0.1) is 0 Å². The fraction of sp³-hybridized carbons (Fsp3) is 0.176. The number of anilines is 1. The summed E-state index contributed by atoms with van der Waals surface area (Å²) < 4.78 is 15.9. The fourth-order valence-corrected chi connectivity index (χ4v) is 2.19. The van der Waals surface area contributed by atoms with Gasteiger partial charge in [-0.1, -0.05) is 18.2 Å². The van der Waals surface area contributed by atoms with Crippen LogP contribution in [0.2, 0.25) is 0 Å². The van der Waals surface area contributed by atoms with E-state index < -0.39 is 0 Å². The molecule has 24 heavy (non-hydrogen) atoms. The predicted octanol–water partition coefficient (Wildman–Crippen LogP) is 3.03. The number of nitrogens with zero attached hydrogens (tertiary/aromatic N) is 1. The van der Waals surface area contributed by atoms with Crippen LogP contribution in [0.1, 0.15) is 5.56 Å². The highest BCUT2D eigenvalue weighted by Crippen LogP contribution is 2.37. The van der Waals surface area contributed by atoms with Gasteiger partial charge in [0.15, 0.2) is 16.6 Å². The highest BCUT2D eigenvalue weighted by Gasteiger charge is 2.12. The minimum absolute atomic E-state index is 0.393. The van der Waals surface area contributed by atoms with E-state index in [-0.39, 0.29) is 0 Å². The first-order valence-electron chi connectivity index (χ1n) is 7.13. The van der Waals surface area contributed by atoms with Gasteiger partial charge in [0.2, 0.25) is 5.75 Å². The molecular formula is C17H19N3O3S. The molecule has 0 bridgehead atoms. The molecule has 0 fully saturated rings. The maximum atomic E-state index is 5.30. The lowest BCUT2D eigenvalue weighted by Crippen LogP contribution is -2.23. The van der Waals surface area contributed by atoms with Crippen LogP contribution in [0.3, 0.4) is 0 Å². The van der Waals surface area contributed by atoms with Gasteiger partial charge < -0.3 is 19.5 Å². The van der Waals surface area contributed by atoms with Crippen molar-refractivity contribution >= 4 is 29.2 Å². The Bertz CT molecular complexity index is 695. The minimum Gasteiger partial charge on any atom is -0.493 e. The number of ether oxygens (including phenoxy) is 3. The lowest BCUT2D eigenvalue weighted by atomic mass is 10.2. The van der Waals surface area contributed by atoms with Gasteiger partial charge in [-0.05, 0) is 36.5 Å². The summed E-state index contributed by atoms with van der Waals surface area (Å²) in [5.74, 6) is 1.65. The summed E-state index contributed by atoms with van der Waals surface area (Å²) in [6.45, 7) is 0. The van der Waals surface area contributed by atoms with Gasteiger partial charge in [0.1, 0.15) is 0 Å². The molecule has 0 unspecified atom stereocenters. The molecule has 2 aromatic rings. The van der Waals surface area contributed by atoms with Crippen LogP contribution in [0, 0.1) is 0 Å². The van der Waals surface area contributed by atoms with Crippen LogP contribution in [0.4, 0.5) is 5.69 Å². The lowest BCUT2D eigenvalue weighted by Gasteiger charge is -2.12. The largest absolute Gasteiger partial charge is 0.493 e. The smallest absolute Gasteiger partial charge is 0.203 e. The molecule has 2 rings (SSSR count). The maximum absolute atomic E-state index is 5.30. The third kappa shape index (κ3) is 4.60. The monoisotopic (exact) mass is 345 g/mol. The van der Waals surface area contributed by atoms with Crippen LogP contribution in [0.5, 0.6) is 17.2 Å². The van der Waals surface area contributed by atoms with E-state index in [1.165, 1.54) is 0 Å². The van der Waals surface area contributed by atoms with Gasteiger partial charge in [-0.25, -0.2) is 0 Å². The molecule has 126 valence electrons. The van der Waals surface area contributed by atoms with E-state index in [1.807, 2.05) is 30.3 Å². The van der Waals surface area contributed by atoms with E-state index in [1.54, 1.807) is 39.7 Å². The quantitative estimate of drug-likeness (QED) is 0.477. The number of thiocarbonyl (C=S) groups is 1. The van der Waals surface area contributed by atoms with E-state index >= 15 is 0 Å². The van der Waals surface area contributed by atoms with Gasteiger partial charge >= 0.3 is 0 Å². The van der Waals surface area contributed by atoms with Crippen LogP contribution in [0.25, 0.3) is 0 Å². The molecular weight excluding hydrogens is 326 g/mol. The van der Waals surface area contributed by atoms with Crippen LogP contribution < -0.4 is 25.0 Å². The topological polar surface area (TPSA) is 64.1 Å². The summed E-state index contributed by atoms with van der Waals surface area (Å²) in [6, 6.07) is 13.2. The Balaban J connectivity index is 2.04.